The summed E-state index contributed by atoms with van der Waals surface area (Å²) >= 11 is 0. The van der Waals surface area contributed by atoms with Crippen LogP contribution in [-0.2, 0) is 17.8 Å². The van der Waals surface area contributed by atoms with Gasteiger partial charge in [0, 0.05) is 12.2 Å². The van der Waals surface area contributed by atoms with Gasteiger partial charge in [0.25, 0.3) is 0 Å². The molecule has 0 fully saturated rings. The van der Waals surface area contributed by atoms with E-state index >= 15 is 0 Å². The minimum Gasteiger partial charge on any atom is -0.354 e. The van der Waals surface area contributed by atoms with E-state index in [2.05, 4.69) is 42.5 Å². The van der Waals surface area contributed by atoms with Gasteiger partial charge in [-0.2, -0.15) is 5.10 Å². The molecule has 4 heteroatoms. The number of nitrogens with zero attached hydrogens (tertiary/aromatic N) is 2. The Morgan fingerprint density at radius 2 is 1.90 bits per heavy atom. The zero-order chi connectivity index (χ0) is 15.4. The van der Waals surface area contributed by atoms with Gasteiger partial charge < -0.3 is 5.32 Å². The number of amides is 1. The Kier molecular flexibility index (Phi) is 4.78. The third-order valence-corrected chi connectivity index (χ3v) is 3.70. The van der Waals surface area contributed by atoms with E-state index in [4.69, 9.17) is 0 Å². The standard InChI is InChI=1S/C17H23N3O/c1-12-5-6-16(9-13(12)2)7-8-18-17(21)11-20-15(4)10-14(3)19-20/h5-6,9-10H,7-8,11H2,1-4H3,(H,18,21). The Hall–Kier alpha value is -2.10. The number of benzene rings is 1. The molecule has 1 aromatic heterocycles. The van der Waals surface area contributed by atoms with Crippen LogP contribution in [0.25, 0.3) is 0 Å². The van der Waals surface area contributed by atoms with Crippen LogP contribution in [0.5, 0.6) is 0 Å². The van der Waals surface area contributed by atoms with Gasteiger partial charge in [-0.3, -0.25) is 9.48 Å². The number of carbonyl (C=O) groups excluding carboxylic acids is 1. The van der Waals surface area contributed by atoms with Gasteiger partial charge >= 0.3 is 0 Å². The van der Waals surface area contributed by atoms with Gasteiger partial charge in [-0.25, -0.2) is 0 Å². The van der Waals surface area contributed by atoms with Crippen molar-refractivity contribution in [3.05, 3.63) is 52.3 Å². The first-order valence-electron chi connectivity index (χ1n) is 7.29. The third-order valence-electron chi connectivity index (χ3n) is 3.70. The van der Waals surface area contributed by atoms with E-state index in [1.54, 1.807) is 4.68 Å². The molecule has 4 nitrogen and oxygen atoms in total. The van der Waals surface area contributed by atoms with Crippen molar-refractivity contribution in [2.75, 3.05) is 6.54 Å². The molecule has 0 bridgehead atoms. The molecule has 0 aliphatic rings. The Labute approximate surface area is 126 Å². The van der Waals surface area contributed by atoms with Gasteiger partial charge in [0.2, 0.25) is 5.91 Å². The molecule has 0 atom stereocenters. The van der Waals surface area contributed by atoms with E-state index in [1.807, 2.05) is 19.9 Å². The zero-order valence-electron chi connectivity index (χ0n) is 13.2. The second-order valence-electron chi connectivity index (χ2n) is 5.60. The molecule has 0 saturated carbocycles. The number of hydrogen-bond acceptors (Lipinski definition) is 2. The first-order chi connectivity index (χ1) is 9.95. The molecular weight excluding hydrogens is 262 g/mol. The van der Waals surface area contributed by atoms with Crippen molar-refractivity contribution < 1.29 is 4.79 Å². The number of carbonyl (C=O) groups is 1. The summed E-state index contributed by atoms with van der Waals surface area (Å²) in [5.74, 6) is 0.00466. The van der Waals surface area contributed by atoms with Gasteiger partial charge in [0.15, 0.2) is 0 Å². The molecule has 21 heavy (non-hydrogen) atoms. The highest BCUT2D eigenvalue weighted by molar-refractivity contribution is 5.75. The second-order valence-corrected chi connectivity index (χ2v) is 5.60. The number of rotatable bonds is 5. The monoisotopic (exact) mass is 285 g/mol. The lowest BCUT2D eigenvalue weighted by atomic mass is 10.0. The fourth-order valence-electron chi connectivity index (χ4n) is 2.33. The zero-order valence-corrected chi connectivity index (χ0v) is 13.2. The van der Waals surface area contributed by atoms with Crippen molar-refractivity contribution in [3.63, 3.8) is 0 Å². The highest BCUT2D eigenvalue weighted by Crippen LogP contribution is 2.09. The van der Waals surface area contributed by atoms with E-state index in [0.717, 1.165) is 17.8 Å². The van der Waals surface area contributed by atoms with Crippen molar-refractivity contribution in [2.24, 2.45) is 0 Å². The molecule has 112 valence electrons. The topological polar surface area (TPSA) is 46.9 Å². The minimum absolute atomic E-state index is 0.00466. The number of aryl methyl sites for hydroxylation is 4. The normalized spacial score (nSPS) is 10.7. The quantitative estimate of drug-likeness (QED) is 0.917. The number of nitrogens with one attached hydrogen (secondary N) is 1. The summed E-state index contributed by atoms with van der Waals surface area (Å²) < 4.78 is 1.74. The summed E-state index contributed by atoms with van der Waals surface area (Å²) in [5, 5.41) is 7.24. The van der Waals surface area contributed by atoms with Gasteiger partial charge in [-0.05, 0) is 56.9 Å². The van der Waals surface area contributed by atoms with Crippen LogP contribution in [-0.4, -0.2) is 22.2 Å². The average Bonchev–Trinajstić information content (AvgIpc) is 2.72. The van der Waals surface area contributed by atoms with Crippen molar-refractivity contribution >= 4 is 5.91 Å². The Balaban J connectivity index is 1.81. The number of aromatic nitrogens is 2. The van der Waals surface area contributed by atoms with Crippen LogP contribution in [0.1, 0.15) is 28.1 Å². The summed E-state index contributed by atoms with van der Waals surface area (Å²) in [4.78, 5) is 11.9. The highest BCUT2D eigenvalue weighted by Gasteiger charge is 2.06. The Bertz CT molecular complexity index is 643. The summed E-state index contributed by atoms with van der Waals surface area (Å²) in [6.45, 7) is 9.05. The van der Waals surface area contributed by atoms with Gasteiger partial charge in [0.1, 0.15) is 6.54 Å². The van der Waals surface area contributed by atoms with Crippen LogP contribution in [0.2, 0.25) is 0 Å². The summed E-state index contributed by atoms with van der Waals surface area (Å²) in [6.07, 6.45) is 0.851. The van der Waals surface area contributed by atoms with Crippen LogP contribution < -0.4 is 5.32 Å². The van der Waals surface area contributed by atoms with E-state index in [-0.39, 0.29) is 12.5 Å². The molecule has 2 aromatic rings. The molecule has 1 aromatic carbocycles. The molecule has 0 spiro atoms. The largest absolute Gasteiger partial charge is 0.354 e. The van der Waals surface area contributed by atoms with E-state index in [1.165, 1.54) is 16.7 Å². The molecule has 0 aliphatic heterocycles. The van der Waals surface area contributed by atoms with Gasteiger partial charge in [-0.1, -0.05) is 18.2 Å². The second kappa shape index (κ2) is 6.57. The van der Waals surface area contributed by atoms with Crippen molar-refractivity contribution in [1.29, 1.82) is 0 Å². The predicted molar refractivity (Wildman–Crippen MR) is 84.3 cm³/mol. The van der Waals surface area contributed by atoms with Crippen LogP contribution in [0.3, 0.4) is 0 Å². The Morgan fingerprint density at radius 1 is 1.14 bits per heavy atom. The Morgan fingerprint density at radius 3 is 2.52 bits per heavy atom. The lowest BCUT2D eigenvalue weighted by Gasteiger charge is -2.08. The van der Waals surface area contributed by atoms with E-state index in [9.17, 15) is 4.79 Å². The smallest absolute Gasteiger partial charge is 0.241 e. The fourth-order valence-corrected chi connectivity index (χ4v) is 2.33. The van der Waals surface area contributed by atoms with Crippen LogP contribution in [0.15, 0.2) is 24.3 Å². The van der Waals surface area contributed by atoms with Crippen molar-refractivity contribution in [2.45, 2.75) is 40.7 Å². The van der Waals surface area contributed by atoms with Gasteiger partial charge in [-0.15, -0.1) is 0 Å². The van der Waals surface area contributed by atoms with E-state index in [0.29, 0.717) is 6.54 Å². The lowest BCUT2D eigenvalue weighted by molar-refractivity contribution is -0.121. The minimum atomic E-state index is 0.00466. The molecule has 1 heterocycles. The summed E-state index contributed by atoms with van der Waals surface area (Å²) in [5.41, 5.74) is 5.80. The fraction of sp³-hybridized carbons (Fsp3) is 0.412. The summed E-state index contributed by atoms with van der Waals surface area (Å²) in [6, 6.07) is 8.41. The predicted octanol–water partition coefficient (Wildman–Crippen LogP) is 2.48. The van der Waals surface area contributed by atoms with E-state index < -0.39 is 0 Å². The first kappa shape index (κ1) is 15.3. The SMILES string of the molecule is Cc1cc(C)n(CC(=O)NCCc2ccc(C)c(C)c2)n1. The molecule has 0 radical (unpaired) electrons. The maximum absolute atomic E-state index is 11.9. The lowest BCUT2D eigenvalue weighted by Crippen LogP contribution is -2.30. The summed E-state index contributed by atoms with van der Waals surface area (Å²) in [7, 11) is 0. The molecule has 0 aliphatic carbocycles. The molecule has 1 N–H and O–H groups in total. The maximum Gasteiger partial charge on any atom is 0.241 e. The van der Waals surface area contributed by atoms with Crippen molar-refractivity contribution in [1.82, 2.24) is 15.1 Å². The molecular formula is C17H23N3O. The first-order valence-corrected chi connectivity index (χ1v) is 7.29. The van der Waals surface area contributed by atoms with Crippen molar-refractivity contribution in [3.8, 4) is 0 Å². The van der Waals surface area contributed by atoms with Crippen LogP contribution in [0.4, 0.5) is 0 Å². The molecule has 1 amide bonds. The van der Waals surface area contributed by atoms with Crippen LogP contribution in [0, 0.1) is 27.7 Å². The van der Waals surface area contributed by atoms with Crippen LogP contribution >= 0.6 is 0 Å². The third kappa shape index (κ3) is 4.18. The number of hydrogen-bond donors (Lipinski definition) is 1. The molecule has 0 saturated heterocycles. The molecule has 2 rings (SSSR count). The average molecular weight is 285 g/mol. The molecule has 0 unspecified atom stereocenters. The van der Waals surface area contributed by atoms with Gasteiger partial charge in [0.05, 0.1) is 5.69 Å². The highest BCUT2D eigenvalue weighted by atomic mass is 16.2. The maximum atomic E-state index is 11.9.